The lowest BCUT2D eigenvalue weighted by molar-refractivity contribution is -0.132. The van der Waals surface area contributed by atoms with Crippen molar-refractivity contribution in [2.24, 2.45) is 5.92 Å². The average Bonchev–Trinajstić information content (AvgIpc) is 3.14. The van der Waals surface area contributed by atoms with Crippen LogP contribution in [0.4, 0.5) is 5.69 Å². The van der Waals surface area contributed by atoms with Crippen molar-refractivity contribution in [3.8, 4) is 11.5 Å². The van der Waals surface area contributed by atoms with Gasteiger partial charge in [0.15, 0.2) is 0 Å². The molecule has 0 bridgehead atoms. The predicted octanol–water partition coefficient (Wildman–Crippen LogP) is 6.71. The molecule has 0 aromatic heterocycles. The van der Waals surface area contributed by atoms with E-state index in [9.17, 15) is 14.7 Å². The number of amides is 1. The average molecular weight is 520 g/mol. The molecule has 1 heterocycles. The van der Waals surface area contributed by atoms with Gasteiger partial charge in [-0.05, 0) is 85.5 Å². The fourth-order valence-corrected chi connectivity index (χ4v) is 4.43. The zero-order valence-corrected chi connectivity index (χ0v) is 22.1. The van der Waals surface area contributed by atoms with E-state index < -0.39 is 17.7 Å². The van der Waals surface area contributed by atoms with E-state index in [1.165, 1.54) is 4.90 Å². The van der Waals surface area contributed by atoms with Gasteiger partial charge in [-0.2, -0.15) is 0 Å². The molecule has 3 aromatic rings. The molecule has 4 rings (SSSR count). The van der Waals surface area contributed by atoms with Crippen molar-refractivity contribution in [1.82, 2.24) is 0 Å². The van der Waals surface area contributed by atoms with Gasteiger partial charge in [0, 0.05) is 16.3 Å². The Morgan fingerprint density at radius 2 is 1.68 bits per heavy atom. The highest BCUT2D eigenvalue weighted by atomic mass is 35.5. The second-order valence-electron chi connectivity index (χ2n) is 9.33. The monoisotopic (exact) mass is 519 g/mol. The molecule has 0 aliphatic carbocycles. The van der Waals surface area contributed by atoms with Crippen LogP contribution < -0.4 is 14.4 Å². The molecule has 1 aliphatic heterocycles. The van der Waals surface area contributed by atoms with Crippen LogP contribution in [0.2, 0.25) is 5.02 Å². The van der Waals surface area contributed by atoms with Crippen molar-refractivity contribution < 1.29 is 24.2 Å². The highest BCUT2D eigenvalue weighted by molar-refractivity contribution is 6.51. The number of hydrogen-bond donors (Lipinski definition) is 1. The molecule has 0 saturated carbocycles. The molecule has 1 aliphatic rings. The number of benzene rings is 3. The number of rotatable bonds is 8. The number of aliphatic hydroxyl groups is 1. The van der Waals surface area contributed by atoms with E-state index in [1.807, 2.05) is 13.8 Å². The third kappa shape index (κ3) is 5.49. The van der Waals surface area contributed by atoms with Gasteiger partial charge in [-0.1, -0.05) is 37.6 Å². The first-order valence-corrected chi connectivity index (χ1v) is 12.6. The van der Waals surface area contributed by atoms with Crippen molar-refractivity contribution in [3.63, 3.8) is 0 Å². The Morgan fingerprint density at radius 3 is 2.27 bits per heavy atom. The Balaban J connectivity index is 1.82. The maximum atomic E-state index is 13.4. The number of Topliss-reactive ketones (excluding diaryl/α,β-unsaturated/α-hetero) is 1. The molecular formula is C30H30ClNO5. The second-order valence-corrected chi connectivity index (χ2v) is 9.77. The number of carbonyl (C=O) groups is 2. The van der Waals surface area contributed by atoms with Crippen molar-refractivity contribution >= 4 is 34.7 Å². The molecule has 1 atom stereocenters. The Labute approximate surface area is 222 Å². The van der Waals surface area contributed by atoms with Crippen LogP contribution in [-0.2, 0) is 9.59 Å². The van der Waals surface area contributed by atoms with Crippen LogP contribution >= 0.6 is 11.6 Å². The number of carbonyl (C=O) groups excluding carboxylic acids is 2. The van der Waals surface area contributed by atoms with Gasteiger partial charge in [0.25, 0.3) is 11.7 Å². The first-order valence-electron chi connectivity index (χ1n) is 12.2. The van der Waals surface area contributed by atoms with Crippen LogP contribution in [0.1, 0.15) is 43.5 Å². The molecule has 192 valence electrons. The van der Waals surface area contributed by atoms with E-state index in [0.717, 1.165) is 5.56 Å². The number of aryl methyl sites for hydroxylation is 1. The van der Waals surface area contributed by atoms with Gasteiger partial charge in [-0.3, -0.25) is 14.5 Å². The summed E-state index contributed by atoms with van der Waals surface area (Å²) in [7, 11) is 0. The molecule has 3 aromatic carbocycles. The summed E-state index contributed by atoms with van der Waals surface area (Å²) in [4.78, 5) is 28.1. The second kappa shape index (κ2) is 11.1. The fourth-order valence-electron chi connectivity index (χ4n) is 4.30. The van der Waals surface area contributed by atoms with Crippen LogP contribution in [-0.4, -0.2) is 30.0 Å². The summed E-state index contributed by atoms with van der Waals surface area (Å²) in [6, 6.07) is 18.2. The van der Waals surface area contributed by atoms with Crippen LogP contribution in [0.25, 0.3) is 5.76 Å². The number of aliphatic hydroxyl groups excluding tert-OH is 1. The summed E-state index contributed by atoms with van der Waals surface area (Å²) < 4.78 is 11.4. The Hall–Kier alpha value is -3.77. The smallest absolute Gasteiger partial charge is 0.300 e. The van der Waals surface area contributed by atoms with Gasteiger partial charge in [0.2, 0.25) is 0 Å². The van der Waals surface area contributed by atoms with E-state index >= 15 is 0 Å². The lowest BCUT2D eigenvalue weighted by Gasteiger charge is -2.25. The Morgan fingerprint density at radius 1 is 1.00 bits per heavy atom. The molecule has 1 saturated heterocycles. The maximum absolute atomic E-state index is 13.4. The zero-order valence-electron chi connectivity index (χ0n) is 21.3. The molecule has 1 unspecified atom stereocenters. The van der Waals surface area contributed by atoms with E-state index in [-0.39, 0.29) is 11.3 Å². The molecule has 1 fully saturated rings. The first kappa shape index (κ1) is 26.3. The lowest BCUT2D eigenvalue weighted by atomic mass is 9.94. The van der Waals surface area contributed by atoms with Gasteiger partial charge in [0.05, 0.1) is 24.8 Å². The summed E-state index contributed by atoms with van der Waals surface area (Å²) in [5.74, 6) is -0.00505. The number of ketones is 1. The zero-order chi connectivity index (χ0) is 26.7. The van der Waals surface area contributed by atoms with Crippen molar-refractivity contribution in [2.45, 2.75) is 33.7 Å². The van der Waals surface area contributed by atoms with E-state index in [4.69, 9.17) is 21.1 Å². The minimum atomic E-state index is -0.840. The third-order valence-electron chi connectivity index (χ3n) is 6.08. The largest absolute Gasteiger partial charge is 0.507 e. The highest BCUT2D eigenvalue weighted by Crippen LogP contribution is 2.43. The number of anilines is 1. The number of ether oxygens (including phenoxy) is 2. The molecule has 0 radical (unpaired) electrons. The third-order valence-corrected chi connectivity index (χ3v) is 6.33. The summed E-state index contributed by atoms with van der Waals surface area (Å²) in [6.45, 7) is 8.97. The van der Waals surface area contributed by atoms with Crippen LogP contribution in [0.5, 0.6) is 11.5 Å². The van der Waals surface area contributed by atoms with Crippen LogP contribution in [0.3, 0.4) is 0 Å². The standard InChI is InChI=1S/C30H30ClNO5/c1-5-36-24-13-11-23(12-14-24)32-27(20-6-9-22(31)10-7-20)26(29(34)30(32)35)28(33)21-8-15-25(19(4)16-21)37-17-18(2)3/h6-16,18,27,33H,5,17H2,1-4H3/b28-26-. The van der Waals surface area contributed by atoms with Crippen molar-refractivity contribution in [1.29, 1.82) is 0 Å². The number of nitrogens with zero attached hydrogens (tertiary/aromatic N) is 1. The SMILES string of the molecule is CCOc1ccc(N2C(=O)C(=O)/C(=C(\O)c3ccc(OCC(C)C)c(C)c3)C2c2ccc(Cl)cc2)cc1. The normalized spacial score (nSPS) is 16.9. The van der Waals surface area contributed by atoms with Crippen molar-refractivity contribution in [3.05, 3.63) is 94.0 Å². The maximum Gasteiger partial charge on any atom is 0.300 e. The number of halogens is 1. The van der Waals surface area contributed by atoms with E-state index in [0.29, 0.717) is 52.5 Å². The summed E-state index contributed by atoms with van der Waals surface area (Å²) >= 11 is 6.11. The highest BCUT2D eigenvalue weighted by Gasteiger charge is 2.47. The van der Waals surface area contributed by atoms with E-state index in [2.05, 4.69) is 13.8 Å². The summed E-state index contributed by atoms with van der Waals surface area (Å²) in [5, 5.41) is 11.9. The van der Waals surface area contributed by atoms with Crippen molar-refractivity contribution in [2.75, 3.05) is 18.1 Å². The first-order chi connectivity index (χ1) is 17.7. The van der Waals surface area contributed by atoms with Gasteiger partial charge >= 0.3 is 0 Å². The molecule has 1 amide bonds. The van der Waals surface area contributed by atoms with Gasteiger partial charge in [-0.15, -0.1) is 0 Å². The molecule has 1 N–H and O–H groups in total. The number of hydrogen-bond acceptors (Lipinski definition) is 5. The molecule has 6 nitrogen and oxygen atoms in total. The summed E-state index contributed by atoms with van der Waals surface area (Å²) in [5.41, 5.74) is 2.41. The van der Waals surface area contributed by atoms with Crippen LogP contribution in [0.15, 0.2) is 72.3 Å². The Bertz CT molecular complexity index is 1330. The topological polar surface area (TPSA) is 76.1 Å². The fraction of sp³-hybridized carbons (Fsp3) is 0.267. The minimum absolute atomic E-state index is 0.0106. The molecule has 0 spiro atoms. The van der Waals surface area contributed by atoms with E-state index in [1.54, 1.807) is 66.7 Å². The van der Waals surface area contributed by atoms with Gasteiger partial charge < -0.3 is 14.6 Å². The van der Waals surface area contributed by atoms with Gasteiger partial charge in [-0.25, -0.2) is 0 Å². The summed E-state index contributed by atoms with van der Waals surface area (Å²) in [6.07, 6.45) is 0. The lowest BCUT2D eigenvalue weighted by Crippen LogP contribution is -2.29. The predicted molar refractivity (Wildman–Crippen MR) is 145 cm³/mol. The quantitative estimate of drug-likeness (QED) is 0.203. The molecule has 7 heteroatoms. The minimum Gasteiger partial charge on any atom is -0.507 e. The van der Waals surface area contributed by atoms with Gasteiger partial charge in [0.1, 0.15) is 17.3 Å². The molecular weight excluding hydrogens is 490 g/mol. The Kier molecular flexibility index (Phi) is 7.89. The van der Waals surface area contributed by atoms with Crippen LogP contribution in [0, 0.1) is 12.8 Å². The molecule has 37 heavy (non-hydrogen) atoms.